The molecule has 1 aliphatic carbocycles. The fraction of sp³-hybridized carbons (Fsp3) is 1.00. The molecule has 84 valence electrons. The number of rotatable bonds is 10. The maximum atomic E-state index is 3.56. The monoisotopic (exact) mass is 215 g/mol. The minimum Gasteiger partial charge on any atom is -0.314 e. The standard InChI is InChI=1S/C12H25NS/c1-2-3-5-10-14-11-6-4-9-13-12-7-8-12/h12-13H,2-11H2,1H3. The Labute approximate surface area is 93.4 Å². The van der Waals surface area contributed by atoms with Crippen molar-refractivity contribution in [3.05, 3.63) is 0 Å². The summed E-state index contributed by atoms with van der Waals surface area (Å²) in [5.41, 5.74) is 0. The van der Waals surface area contributed by atoms with Crippen molar-refractivity contribution in [2.24, 2.45) is 0 Å². The van der Waals surface area contributed by atoms with Crippen molar-refractivity contribution in [2.75, 3.05) is 18.1 Å². The highest BCUT2D eigenvalue weighted by atomic mass is 32.2. The van der Waals surface area contributed by atoms with E-state index in [4.69, 9.17) is 0 Å². The van der Waals surface area contributed by atoms with Gasteiger partial charge in [-0.2, -0.15) is 11.8 Å². The molecule has 0 unspecified atom stereocenters. The summed E-state index contributed by atoms with van der Waals surface area (Å²) in [6.45, 7) is 3.52. The molecule has 2 heteroatoms. The van der Waals surface area contributed by atoms with Crippen molar-refractivity contribution in [3.8, 4) is 0 Å². The number of unbranched alkanes of at least 4 members (excludes halogenated alkanes) is 3. The van der Waals surface area contributed by atoms with E-state index in [1.165, 1.54) is 63.0 Å². The van der Waals surface area contributed by atoms with Crippen LogP contribution in [-0.4, -0.2) is 24.1 Å². The SMILES string of the molecule is CCCCCSCCCCNC1CC1. The van der Waals surface area contributed by atoms with Crippen molar-refractivity contribution in [3.63, 3.8) is 0 Å². The Bertz CT molecular complexity index is 123. The molecule has 0 amide bonds. The second kappa shape index (κ2) is 8.60. The Morgan fingerprint density at radius 1 is 1.07 bits per heavy atom. The normalized spacial score (nSPS) is 16.1. The predicted molar refractivity (Wildman–Crippen MR) is 67.1 cm³/mol. The molecule has 0 aromatic carbocycles. The summed E-state index contributed by atoms with van der Waals surface area (Å²) in [5.74, 6) is 2.75. The van der Waals surface area contributed by atoms with Crippen LogP contribution in [0.5, 0.6) is 0 Å². The highest BCUT2D eigenvalue weighted by Crippen LogP contribution is 2.18. The zero-order valence-electron chi connectivity index (χ0n) is 9.56. The van der Waals surface area contributed by atoms with E-state index in [0.717, 1.165) is 6.04 Å². The second-order valence-electron chi connectivity index (χ2n) is 4.25. The van der Waals surface area contributed by atoms with Crippen LogP contribution in [0.25, 0.3) is 0 Å². The third kappa shape index (κ3) is 7.69. The Kier molecular flexibility index (Phi) is 7.61. The fourth-order valence-corrected chi connectivity index (χ4v) is 2.50. The lowest BCUT2D eigenvalue weighted by Gasteiger charge is -2.02. The van der Waals surface area contributed by atoms with Gasteiger partial charge in [0.1, 0.15) is 0 Å². The van der Waals surface area contributed by atoms with Crippen LogP contribution in [0.4, 0.5) is 0 Å². The van der Waals surface area contributed by atoms with Gasteiger partial charge in [-0.1, -0.05) is 19.8 Å². The molecule has 1 rings (SSSR count). The van der Waals surface area contributed by atoms with Crippen LogP contribution >= 0.6 is 11.8 Å². The average Bonchev–Trinajstić information content (AvgIpc) is 2.99. The second-order valence-corrected chi connectivity index (χ2v) is 5.48. The highest BCUT2D eigenvalue weighted by Gasteiger charge is 2.19. The molecular weight excluding hydrogens is 190 g/mol. The van der Waals surface area contributed by atoms with Crippen molar-refractivity contribution in [1.82, 2.24) is 5.32 Å². The topological polar surface area (TPSA) is 12.0 Å². The molecule has 1 saturated carbocycles. The summed E-state index contributed by atoms with van der Waals surface area (Å²) in [4.78, 5) is 0. The van der Waals surface area contributed by atoms with Gasteiger partial charge in [0.05, 0.1) is 0 Å². The molecule has 1 aliphatic rings. The molecule has 0 radical (unpaired) electrons. The van der Waals surface area contributed by atoms with Crippen LogP contribution in [0, 0.1) is 0 Å². The van der Waals surface area contributed by atoms with Crippen LogP contribution in [0.2, 0.25) is 0 Å². The van der Waals surface area contributed by atoms with Gasteiger partial charge in [0.2, 0.25) is 0 Å². The first-order valence-electron chi connectivity index (χ1n) is 6.24. The van der Waals surface area contributed by atoms with Crippen LogP contribution in [0.15, 0.2) is 0 Å². The number of thioether (sulfide) groups is 1. The van der Waals surface area contributed by atoms with Gasteiger partial charge >= 0.3 is 0 Å². The summed E-state index contributed by atoms with van der Waals surface area (Å²) < 4.78 is 0. The van der Waals surface area contributed by atoms with Gasteiger partial charge in [-0.05, 0) is 50.2 Å². The molecule has 0 saturated heterocycles. The zero-order chi connectivity index (χ0) is 10.1. The van der Waals surface area contributed by atoms with Gasteiger partial charge < -0.3 is 5.32 Å². The van der Waals surface area contributed by atoms with E-state index in [1.807, 2.05) is 0 Å². The van der Waals surface area contributed by atoms with Gasteiger partial charge in [0.25, 0.3) is 0 Å². The average molecular weight is 215 g/mol. The number of nitrogens with one attached hydrogen (secondary N) is 1. The Morgan fingerprint density at radius 2 is 1.79 bits per heavy atom. The Morgan fingerprint density at radius 3 is 2.43 bits per heavy atom. The largest absolute Gasteiger partial charge is 0.314 e. The summed E-state index contributed by atoms with van der Waals surface area (Å²) in [5, 5.41) is 3.56. The Hall–Kier alpha value is 0.310. The summed E-state index contributed by atoms with van der Waals surface area (Å²) in [6, 6.07) is 0.896. The lowest BCUT2D eigenvalue weighted by molar-refractivity contribution is 0.640. The maximum absolute atomic E-state index is 3.56. The van der Waals surface area contributed by atoms with Gasteiger partial charge in [-0.25, -0.2) is 0 Å². The van der Waals surface area contributed by atoms with Gasteiger partial charge in [-0.3, -0.25) is 0 Å². The quantitative estimate of drug-likeness (QED) is 0.560. The van der Waals surface area contributed by atoms with Crippen LogP contribution in [0.3, 0.4) is 0 Å². The van der Waals surface area contributed by atoms with E-state index in [0.29, 0.717) is 0 Å². The van der Waals surface area contributed by atoms with Crippen LogP contribution in [-0.2, 0) is 0 Å². The van der Waals surface area contributed by atoms with E-state index in [-0.39, 0.29) is 0 Å². The third-order valence-electron chi connectivity index (χ3n) is 2.62. The molecule has 0 spiro atoms. The molecule has 0 aromatic heterocycles. The van der Waals surface area contributed by atoms with Crippen molar-refractivity contribution >= 4 is 11.8 Å². The maximum Gasteiger partial charge on any atom is 0.00682 e. The van der Waals surface area contributed by atoms with Crippen LogP contribution < -0.4 is 5.32 Å². The zero-order valence-corrected chi connectivity index (χ0v) is 10.4. The van der Waals surface area contributed by atoms with E-state index in [1.54, 1.807) is 0 Å². The van der Waals surface area contributed by atoms with Gasteiger partial charge in [0.15, 0.2) is 0 Å². The van der Waals surface area contributed by atoms with Crippen LogP contribution in [0.1, 0.15) is 51.9 Å². The minimum atomic E-state index is 0.896. The molecule has 0 bridgehead atoms. The van der Waals surface area contributed by atoms with E-state index < -0.39 is 0 Å². The van der Waals surface area contributed by atoms with Crippen molar-refractivity contribution in [2.45, 2.75) is 57.9 Å². The highest BCUT2D eigenvalue weighted by molar-refractivity contribution is 7.99. The molecular formula is C12H25NS. The van der Waals surface area contributed by atoms with E-state index in [9.17, 15) is 0 Å². The fourth-order valence-electron chi connectivity index (χ4n) is 1.48. The molecule has 0 heterocycles. The predicted octanol–water partition coefficient (Wildman–Crippen LogP) is 3.44. The van der Waals surface area contributed by atoms with E-state index >= 15 is 0 Å². The number of hydrogen-bond donors (Lipinski definition) is 1. The summed E-state index contributed by atoms with van der Waals surface area (Å²) >= 11 is 2.14. The molecule has 0 atom stereocenters. The lowest BCUT2D eigenvalue weighted by atomic mass is 10.3. The first-order chi connectivity index (χ1) is 6.93. The summed E-state index contributed by atoms with van der Waals surface area (Å²) in [7, 11) is 0. The molecule has 0 aromatic rings. The molecule has 0 aliphatic heterocycles. The summed E-state index contributed by atoms with van der Waals surface area (Å²) in [6.07, 6.45) is 9.80. The van der Waals surface area contributed by atoms with Gasteiger partial charge in [-0.15, -0.1) is 0 Å². The minimum absolute atomic E-state index is 0.896. The lowest BCUT2D eigenvalue weighted by Crippen LogP contribution is -2.17. The molecule has 1 fully saturated rings. The third-order valence-corrected chi connectivity index (χ3v) is 3.77. The van der Waals surface area contributed by atoms with E-state index in [2.05, 4.69) is 24.0 Å². The number of hydrogen-bond acceptors (Lipinski definition) is 2. The molecule has 1 nitrogen and oxygen atoms in total. The van der Waals surface area contributed by atoms with Crippen molar-refractivity contribution < 1.29 is 0 Å². The molecule has 1 N–H and O–H groups in total. The first-order valence-corrected chi connectivity index (χ1v) is 7.40. The Balaban J connectivity index is 1.63. The van der Waals surface area contributed by atoms with Gasteiger partial charge in [0, 0.05) is 6.04 Å². The molecule has 14 heavy (non-hydrogen) atoms. The first kappa shape index (κ1) is 12.4. The van der Waals surface area contributed by atoms with Crippen molar-refractivity contribution in [1.29, 1.82) is 0 Å². The smallest absolute Gasteiger partial charge is 0.00682 e.